The van der Waals surface area contributed by atoms with Crippen LogP contribution in [0.1, 0.15) is 22.8 Å². The third-order valence-electron chi connectivity index (χ3n) is 5.03. The molecule has 0 fully saturated rings. The van der Waals surface area contributed by atoms with Gasteiger partial charge in [-0.15, -0.1) is 0 Å². The molecular formula is C24H23NO5S. The van der Waals surface area contributed by atoms with Gasteiger partial charge in [0.05, 0.1) is 18.4 Å². The third-order valence-corrected chi connectivity index (χ3v) is 5.76. The topological polar surface area (TPSA) is 87.9 Å². The van der Waals surface area contributed by atoms with Crippen LogP contribution in [0.25, 0.3) is 11.1 Å². The van der Waals surface area contributed by atoms with Crippen LogP contribution in [0.15, 0.2) is 73.3 Å². The molecule has 0 saturated carbocycles. The third kappa shape index (κ3) is 4.28. The van der Waals surface area contributed by atoms with Crippen molar-refractivity contribution < 1.29 is 22.6 Å². The zero-order chi connectivity index (χ0) is 22.0. The Kier molecular flexibility index (Phi) is 5.71. The monoisotopic (exact) mass is 437 g/mol. The van der Waals surface area contributed by atoms with E-state index < -0.39 is 16.1 Å². The molecular weight excluding hydrogens is 414 g/mol. The summed E-state index contributed by atoms with van der Waals surface area (Å²) in [6.07, 6.45) is 1.25. The maximum absolute atomic E-state index is 11.7. The van der Waals surface area contributed by atoms with Crippen LogP contribution in [0.2, 0.25) is 0 Å². The van der Waals surface area contributed by atoms with E-state index in [1.165, 1.54) is 0 Å². The van der Waals surface area contributed by atoms with Gasteiger partial charge in [0.2, 0.25) is 10.0 Å². The SMILES string of the molecule is C=CCOc1ccc2c(c1OC)-c1ccc(CS(N)(=O)=O)cc1C(c1ccccc1)O2. The van der Waals surface area contributed by atoms with Gasteiger partial charge in [0, 0.05) is 5.56 Å². The minimum Gasteiger partial charge on any atom is -0.492 e. The van der Waals surface area contributed by atoms with E-state index in [1.807, 2.05) is 54.6 Å². The highest BCUT2D eigenvalue weighted by Crippen LogP contribution is 2.52. The summed E-state index contributed by atoms with van der Waals surface area (Å²) in [5.74, 6) is 1.52. The lowest BCUT2D eigenvalue weighted by Gasteiger charge is -2.31. The first kappa shape index (κ1) is 21.0. The van der Waals surface area contributed by atoms with Crippen molar-refractivity contribution in [1.29, 1.82) is 0 Å². The molecule has 1 aliphatic heterocycles. The van der Waals surface area contributed by atoms with Crippen molar-refractivity contribution in [2.75, 3.05) is 13.7 Å². The van der Waals surface area contributed by atoms with Crippen molar-refractivity contribution in [3.05, 3.63) is 90.0 Å². The van der Waals surface area contributed by atoms with Crippen LogP contribution in [-0.4, -0.2) is 22.1 Å². The van der Waals surface area contributed by atoms with E-state index in [2.05, 4.69) is 6.58 Å². The fourth-order valence-corrected chi connectivity index (χ4v) is 4.45. The number of sulfonamides is 1. The van der Waals surface area contributed by atoms with Gasteiger partial charge >= 0.3 is 0 Å². The summed E-state index contributed by atoms with van der Waals surface area (Å²) in [4.78, 5) is 0. The normalized spacial score (nSPS) is 14.7. The molecule has 1 aliphatic rings. The molecule has 0 radical (unpaired) electrons. The van der Waals surface area contributed by atoms with Crippen LogP contribution in [0, 0.1) is 0 Å². The van der Waals surface area contributed by atoms with Crippen LogP contribution >= 0.6 is 0 Å². The molecule has 1 heterocycles. The maximum Gasteiger partial charge on any atom is 0.213 e. The molecule has 0 bridgehead atoms. The number of hydrogen-bond acceptors (Lipinski definition) is 5. The number of hydrogen-bond donors (Lipinski definition) is 1. The molecule has 6 nitrogen and oxygen atoms in total. The lowest BCUT2D eigenvalue weighted by molar-refractivity contribution is 0.240. The summed E-state index contributed by atoms with van der Waals surface area (Å²) in [6, 6.07) is 18.9. The average molecular weight is 438 g/mol. The second-order valence-electron chi connectivity index (χ2n) is 7.21. The van der Waals surface area contributed by atoms with Crippen molar-refractivity contribution in [3.8, 4) is 28.4 Å². The van der Waals surface area contributed by atoms with Crippen molar-refractivity contribution in [1.82, 2.24) is 0 Å². The zero-order valence-corrected chi connectivity index (χ0v) is 17.9. The maximum atomic E-state index is 11.7. The average Bonchev–Trinajstić information content (AvgIpc) is 2.76. The first-order valence-electron chi connectivity index (χ1n) is 9.71. The number of ether oxygens (including phenoxy) is 3. The van der Waals surface area contributed by atoms with Crippen LogP contribution in [0.3, 0.4) is 0 Å². The van der Waals surface area contributed by atoms with Crippen molar-refractivity contribution >= 4 is 10.0 Å². The van der Waals surface area contributed by atoms with E-state index in [0.29, 0.717) is 29.4 Å². The largest absolute Gasteiger partial charge is 0.492 e. The fraction of sp³-hybridized carbons (Fsp3) is 0.167. The number of benzene rings is 3. The molecule has 1 unspecified atom stereocenters. The van der Waals surface area contributed by atoms with Crippen LogP contribution < -0.4 is 19.3 Å². The first-order valence-corrected chi connectivity index (χ1v) is 11.4. The summed E-state index contributed by atoms with van der Waals surface area (Å²) in [6.45, 7) is 4.02. The molecule has 4 rings (SSSR count). The quantitative estimate of drug-likeness (QED) is 0.560. The Labute approximate surface area is 181 Å². The second kappa shape index (κ2) is 8.45. The second-order valence-corrected chi connectivity index (χ2v) is 8.82. The highest BCUT2D eigenvalue weighted by Gasteiger charge is 2.31. The fourth-order valence-electron chi connectivity index (χ4n) is 3.81. The van der Waals surface area contributed by atoms with Gasteiger partial charge in [-0.05, 0) is 28.8 Å². The molecule has 1 atom stereocenters. The number of primary sulfonamides is 1. The molecule has 2 N–H and O–H groups in total. The molecule has 3 aromatic rings. The summed E-state index contributed by atoms with van der Waals surface area (Å²) < 4.78 is 41.2. The van der Waals surface area contributed by atoms with E-state index in [9.17, 15) is 8.42 Å². The smallest absolute Gasteiger partial charge is 0.213 e. The summed E-state index contributed by atoms with van der Waals surface area (Å²) in [7, 11) is -2.09. The van der Waals surface area contributed by atoms with Crippen molar-refractivity contribution in [2.45, 2.75) is 11.9 Å². The zero-order valence-electron chi connectivity index (χ0n) is 17.1. The predicted octanol–water partition coefficient (Wildman–Crippen LogP) is 4.20. The molecule has 0 amide bonds. The molecule has 0 spiro atoms. The predicted molar refractivity (Wildman–Crippen MR) is 120 cm³/mol. The van der Waals surface area contributed by atoms with Crippen molar-refractivity contribution in [3.63, 3.8) is 0 Å². The lowest BCUT2D eigenvalue weighted by Crippen LogP contribution is -2.18. The summed E-state index contributed by atoms with van der Waals surface area (Å²) in [5.41, 5.74) is 4.02. The molecule has 0 aliphatic carbocycles. The van der Waals surface area contributed by atoms with E-state index in [-0.39, 0.29) is 5.75 Å². The number of rotatable bonds is 7. The Morgan fingerprint density at radius 1 is 1.13 bits per heavy atom. The van der Waals surface area contributed by atoms with E-state index in [1.54, 1.807) is 19.3 Å². The summed E-state index contributed by atoms with van der Waals surface area (Å²) in [5, 5.41) is 5.27. The van der Waals surface area contributed by atoms with Gasteiger partial charge in [-0.2, -0.15) is 0 Å². The van der Waals surface area contributed by atoms with E-state index in [4.69, 9.17) is 19.3 Å². The molecule has 0 saturated heterocycles. The van der Waals surface area contributed by atoms with Gasteiger partial charge in [0.15, 0.2) is 11.5 Å². The summed E-state index contributed by atoms with van der Waals surface area (Å²) >= 11 is 0. The van der Waals surface area contributed by atoms with Gasteiger partial charge < -0.3 is 14.2 Å². The molecule has 7 heteroatoms. The van der Waals surface area contributed by atoms with Gasteiger partial charge in [0.25, 0.3) is 0 Å². The minimum absolute atomic E-state index is 0.256. The molecule has 3 aromatic carbocycles. The number of fused-ring (bicyclic) bond motifs is 3. The van der Waals surface area contributed by atoms with Crippen molar-refractivity contribution in [2.24, 2.45) is 5.14 Å². The minimum atomic E-state index is -3.67. The first-order chi connectivity index (χ1) is 14.9. The van der Waals surface area contributed by atoms with Gasteiger partial charge in [-0.1, -0.05) is 61.2 Å². The Balaban J connectivity index is 1.92. The van der Waals surface area contributed by atoms with Crippen LogP contribution in [0.5, 0.6) is 17.2 Å². The van der Waals surface area contributed by atoms with Gasteiger partial charge in [-0.3, -0.25) is 0 Å². The van der Waals surface area contributed by atoms with Crippen LogP contribution in [-0.2, 0) is 15.8 Å². The van der Waals surface area contributed by atoms with Crippen LogP contribution in [0.4, 0.5) is 0 Å². The molecule has 0 aromatic heterocycles. The molecule has 160 valence electrons. The molecule has 31 heavy (non-hydrogen) atoms. The standard InChI is InChI=1S/C24H23NO5S/c1-3-13-29-21-12-11-20-22(24(21)28-2)18-10-9-16(15-31(25,26)27)14-19(18)23(30-20)17-7-5-4-6-8-17/h3-12,14,23H,1,13,15H2,2H3,(H2,25,26,27). The number of methoxy groups -OCH3 is 1. The highest BCUT2D eigenvalue weighted by atomic mass is 32.2. The Bertz CT molecular complexity index is 1220. The van der Waals surface area contributed by atoms with Gasteiger partial charge in [0.1, 0.15) is 18.5 Å². The van der Waals surface area contributed by atoms with Gasteiger partial charge in [-0.25, -0.2) is 13.6 Å². The van der Waals surface area contributed by atoms with E-state index >= 15 is 0 Å². The highest BCUT2D eigenvalue weighted by molar-refractivity contribution is 7.88. The van der Waals surface area contributed by atoms with E-state index in [0.717, 1.165) is 22.3 Å². The Morgan fingerprint density at radius 2 is 1.90 bits per heavy atom. The Hall–Kier alpha value is -3.29. The lowest BCUT2D eigenvalue weighted by atomic mass is 9.88. The Morgan fingerprint density at radius 3 is 2.58 bits per heavy atom. The number of nitrogens with two attached hydrogens (primary N) is 1.